The van der Waals surface area contributed by atoms with Crippen molar-refractivity contribution in [3.63, 3.8) is 0 Å². The van der Waals surface area contributed by atoms with E-state index in [1.165, 1.54) is 0 Å². The van der Waals surface area contributed by atoms with Gasteiger partial charge in [-0.2, -0.15) is 10.1 Å². The van der Waals surface area contributed by atoms with Crippen molar-refractivity contribution in [3.8, 4) is 5.88 Å². The lowest BCUT2D eigenvalue weighted by Gasteiger charge is -2.06. The molecule has 0 aromatic carbocycles. The molecule has 3 rings (SSSR count). The Morgan fingerprint density at radius 2 is 2.08 bits per heavy atom. The van der Waals surface area contributed by atoms with Crippen LogP contribution in [0.2, 0.25) is 0 Å². The van der Waals surface area contributed by atoms with Gasteiger partial charge in [0.1, 0.15) is 11.2 Å². The van der Waals surface area contributed by atoms with Crippen molar-refractivity contribution < 1.29 is 4.74 Å². The summed E-state index contributed by atoms with van der Waals surface area (Å²) in [5.74, 6) is 1.35. The first-order valence-corrected chi connectivity index (χ1v) is 7.79. The van der Waals surface area contributed by atoms with Crippen molar-refractivity contribution in [2.75, 3.05) is 24.7 Å². The smallest absolute Gasteiger partial charge is 0.237 e. The number of rotatable bonds is 7. The molecule has 0 fully saturated rings. The summed E-state index contributed by atoms with van der Waals surface area (Å²) >= 11 is 0. The second-order valence-corrected chi connectivity index (χ2v) is 5.28. The molecule has 0 amide bonds. The van der Waals surface area contributed by atoms with E-state index >= 15 is 0 Å². The average Bonchev–Trinajstić information content (AvgIpc) is 2.98. The zero-order valence-corrected chi connectivity index (χ0v) is 13.7. The van der Waals surface area contributed by atoms with Crippen LogP contribution >= 0.6 is 0 Å². The van der Waals surface area contributed by atoms with Crippen molar-refractivity contribution in [1.82, 2.24) is 29.7 Å². The topological polar surface area (TPSA) is 117 Å². The van der Waals surface area contributed by atoms with Gasteiger partial charge in [-0.25, -0.2) is 9.97 Å². The normalized spacial score (nSPS) is 10.9. The van der Waals surface area contributed by atoms with E-state index < -0.39 is 0 Å². The monoisotopic (exact) mass is 328 g/mol. The van der Waals surface area contributed by atoms with Crippen molar-refractivity contribution >= 4 is 22.8 Å². The molecule has 3 N–H and O–H groups in total. The summed E-state index contributed by atoms with van der Waals surface area (Å²) in [4.78, 5) is 16.9. The van der Waals surface area contributed by atoms with E-state index in [2.05, 4.69) is 37.3 Å². The first-order chi connectivity index (χ1) is 11.7. The number of nitrogen functional groups attached to an aromatic ring is 1. The summed E-state index contributed by atoms with van der Waals surface area (Å²) in [6, 6.07) is 0. The highest BCUT2D eigenvalue weighted by atomic mass is 16.5. The van der Waals surface area contributed by atoms with Gasteiger partial charge < -0.3 is 15.8 Å². The lowest BCUT2D eigenvalue weighted by molar-refractivity contribution is 0.386. The van der Waals surface area contributed by atoms with Gasteiger partial charge in [0.15, 0.2) is 11.3 Å². The average molecular weight is 328 g/mol. The van der Waals surface area contributed by atoms with Crippen LogP contribution in [0.15, 0.2) is 18.6 Å². The molecule has 0 aliphatic rings. The number of aromatic nitrogens is 6. The Labute approximate surface area is 139 Å². The standard InChI is InChI=1S/C15H20N8O/c1-3-4-5-18-13-12-10(20-15(16)21-13)8-23(22-12)9-11-14(24-2)19-7-6-17-11/h6-8H,3-5,9H2,1-2H3,(H3,16,18,20,21). The molecule has 24 heavy (non-hydrogen) atoms. The van der Waals surface area contributed by atoms with E-state index in [1.807, 2.05) is 6.20 Å². The lowest BCUT2D eigenvalue weighted by Crippen LogP contribution is -2.07. The molecule has 3 aromatic heterocycles. The van der Waals surface area contributed by atoms with Crippen molar-refractivity contribution in [3.05, 3.63) is 24.3 Å². The molecule has 0 aliphatic heterocycles. The second kappa shape index (κ2) is 7.07. The van der Waals surface area contributed by atoms with Crippen LogP contribution in [0.3, 0.4) is 0 Å². The summed E-state index contributed by atoms with van der Waals surface area (Å²) in [5, 5.41) is 7.82. The fourth-order valence-corrected chi connectivity index (χ4v) is 2.35. The minimum Gasteiger partial charge on any atom is -0.480 e. The van der Waals surface area contributed by atoms with Crippen LogP contribution in [-0.2, 0) is 6.54 Å². The van der Waals surface area contributed by atoms with Crippen molar-refractivity contribution in [2.45, 2.75) is 26.3 Å². The Morgan fingerprint density at radius 1 is 1.25 bits per heavy atom. The van der Waals surface area contributed by atoms with E-state index in [-0.39, 0.29) is 5.95 Å². The van der Waals surface area contributed by atoms with Gasteiger partial charge in [0.25, 0.3) is 0 Å². The number of ether oxygens (including phenoxy) is 1. The Kier molecular flexibility index (Phi) is 4.69. The summed E-state index contributed by atoms with van der Waals surface area (Å²) < 4.78 is 6.96. The number of nitrogens with two attached hydrogens (primary N) is 1. The molecule has 0 bridgehead atoms. The van der Waals surface area contributed by atoms with Gasteiger partial charge in [0.2, 0.25) is 11.8 Å². The lowest BCUT2D eigenvalue weighted by atomic mass is 10.3. The largest absolute Gasteiger partial charge is 0.480 e. The number of hydrogen-bond donors (Lipinski definition) is 2. The summed E-state index contributed by atoms with van der Waals surface area (Å²) in [6.07, 6.45) is 7.16. The zero-order valence-electron chi connectivity index (χ0n) is 13.7. The van der Waals surface area contributed by atoms with Gasteiger partial charge in [-0.05, 0) is 6.42 Å². The Bertz CT molecular complexity index is 831. The number of hydrogen-bond acceptors (Lipinski definition) is 8. The highest BCUT2D eigenvalue weighted by Crippen LogP contribution is 2.21. The first kappa shape index (κ1) is 15.9. The molecule has 0 atom stereocenters. The van der Waals surface area contributed by atoms with Crippen LogP contribution in [0.4, 0.5) is 11.8 Å². The molecule has 0 aliphatic carbocycles. The SMILES string of the molecule is CCCCNc1nc(N)nc2cn(Cc3nccnc3OC)nc12. The Balaban J connectivity index is 1.91. The first-order valence-electron chi connectivity index (χ1n) is 7.79. The predicted octanol–water partition coefficient (Wildman–Crippen LogP) is 1.47. The van der Waals surface area contributed by atoms with E-state index in [0.29, 0.717) is 35.0 Å². The molecule has 9 heteroatoms. The summed E-state index contributed by atoms with van der Waals surface area (Å²) in [7, 11) is 1.56. The maximum atomic E-state index is 5.79. The maximum Gasteiger partial charge on any atom is 0.237 e. The molecule has 0 spiro atoms. The van der Waals surface area contributed by atoms with Crippen LogP contribution in [0.25, 0.3) is 11.0 Å². The molecular weight excluding hydrogens is 308 g/mol. The van der Waals surface area contributed by atoms with Crippen LogP contribution in [0.1, 0.15) is 25.5 Å². The van der Waals surface area contributed by atoms with Crippen LogP contribution < -0.4 is 15.8 Å². The molecule has 3 aromatic rings. The third-order valence-corrected chi connectivity index (χ3v) is 3.49. The molecule has 9 nitrogen and oxygen atoms in total. The minimum absolute atomic E-state index is 0.220. The van der Waals surface area contributed by atoms with Crippen LogP contribution in [0, 0.1) is 0 Å². The fourth-order valence-electron chi connectivity index (χ4n) is 2.35. The zero-order chi connectivity index (χ0) is 16.9. The Hall–Kier alpha value is -2.97. The molecule has 0 radical (unpaired) electrons. The van der Waals surface area contributed by atoms with Crippen LogP contribution in [-0.4, -0.2) is 43.4 Å². The summed E-state index contributed by atoms with van der Waals surface area (Å²) in [5.41, 5.74) is 7.85. The van der Waals surface area contributed by atoms with E-state index in [0.717, 1.165) is 19.4 Å². The molecule has 3 heterocycles. The van der Waals surface area contributed by atoms with Gasteiger partial charge in [0.05, 0.1) is 19.9 Å². The van der Waals surface area contributed by atoms with E-state index in [4.69, 9.17) is 10.5 Å². The second-order valence-electron chi connectivity index (χ2n) is 5.28. The summed E-state index contributed by atoms with van der Waals surface area (Å²) in [6.45, 7) is 3.36. The van der Waals surface area contributed by atoms with Gasteiger partial charge >= 0.3 is 0 Å². The third-order valence-electron chi connectivity index (χ3n) is 3.49. The minimum atomic E-state index is 0.220. The maximum absolute atomic E-state index is 5.79. The van der Waals surface area contributed by atoms with E-state index in [1.54, 1.807) is 24.2 Å². The van der Waals surface area contributed by atoms with Crippen LogP contribution in [0.5, 0.6) is 5.88 Å². The Morgan fingerprint density at radius 3 is 2.88 bits per heavy atom. The van der Waals surface area contributed by atoms with Gasteiger partial charge in [0, 0.05) is 18.9 Å². The van der Waals surface area contributed by atoms with Gasteiger partial charge in [-0.15, -0.1) is 0 Å². The highest BCUT2D eigenvalue weighted by molar-refractivity contribution is 5.85. The number of fused-ring (bicyclic) bond motifs is 1. The van der Waals surface area contributed by atoms with Gasteiger partial charge in [-0.1, -0.05) is 13.3 Å². The fraction of sp³-hybridized carbons (Fsp3) is 0.400. The van der Waals surface area contributed by atoms with Crippen molar-refractivity contribution in [1.29, 1.82) is 0 Å². The third kappa shape index (κ3) is 3.34. The molecule has 0 unspecified atom stereocenters. The number of methoxy groups -OCH3 is 1. The highest BCUT2D eigenvalue weighted by Gasteiger charge is 2.13. The molecule has 0 saturated carbocycles. The number of unbranched alkanes of at least 4 members (excludes halogenated alkanes) is 1. The molecule has 0 saturated heterocycles. The quantitative estimate of drug-likeness (QED) is 0.626. The molecule has 126 valence electrons. The van der Waals surface area contributed by atoms with E-state index in [9.17, 15) is 0 Å². The van der Waals surface area contributed by atoms with Gasteiger partial charge in [-0.3, -0.25) is 9.67 Å². The molecular formula is C15H20N8O. The predicted molar refractivity (Wildman–Crippen MR) is 90.8 cm³/mol. The number of nitrogens with zero attached hydrogens (tertiary/aromatic N) is 6. The number of anilines is 2. The number of nitrogens with one attached hydrogen (secondary N) is 1. The van der Waals surface area contributed by atoms with Crippen molar-refractivity contribution in [2.24, 2.45) is 0 Å².